The van der Waals surface area contributed by atoms with Crippen LogP contribution in [0.15, 0.2) is 42.6 Å². The molecule has 1 aromatic carbocycles. The Balaban J connectivity index is 1.48. The Hall–Kier alpha value is -2.64. The smallest absolute Gasteiger partial charge is 0.236 e. The Morgan fingerprint density at radius 1 is 0.970 bits per heavy atom. The first-order valence-corrected chi connectivity index (χ1v) is 12.2. The minimum absolute atomic E-state index is 0.211. The Labute approximate surface area is 197 Å². The molecule has 33 heavy (non-hydrogen) atoms. The van der Waals surface area contributed by atoms with Gasteiger partial charge in [-0.05, 0) is 57.9 Å². The summed E-state index contributed by atoms with van der Waals surface area (Å²) in [5, 5.41) is 0. The lowest BCUT2D eigenvalue weighted by molar-refractivity contribution is -0.134. The van der Waals surface area contributed by atoms with Crippen molar-refractivity contribution in [2.24, 2.45) is 0 Å². The normalized spacial score (nSPS) is 18.7. The molecule has 0 unspecified atom stereocenters. The van der Waals surface area contributed by atoms with Crippen LogP contribution in [-0.2, 0) is 11.3 Å². The maximum atomic E-state index is 13.1. The first-order chi connectivity index (χ1) is 16.1. The first-order valence-electron chi connectivity index (χ1n) is 12.2. The van der Waals surface area contributed by atoms with Crippen molar-refractivity contribution in [2.75, 3.05) is 45.9 Å². The molecule has 178 valence electrons. The van der Waals surface area contributed by atoms with E-state index in [1.54, 1.807) is 6.20 Å². The van der Waals surface area contributed by atoms with E-state index in [9.17, 15) is 4.79 Å². The third-order valence-electron chi connectivity index (χ3n) is 6.43. The zero-order chi connectivity index (χ0) is 23.0. The predicted octanol–water partition coefficient (Wildman–Crippen LogP) is 3.79. The van der Waals surface area contributed by atoms with Crippen LogP contribution in [0.25, 0.3) is 0 Å². The second-order valence-electron chi connectivity index (χ2n) is 9.15. The second-order valence-corrected chi connectivity index (χ2v) is 9.15. The van der Waals surface area contributed by atoms with E-state index >= 15 is 0 Å². The monoisotopic (exact) mass is 452 g/mol. The number of hydrogen-bond donors (Lipinski definition) is 0. The number of hydrogen-bond acceptors (Lipinski definition) is 6. The number of carbonyl (C=O) groups excluding carboxylic acids is 1. The van der Waals surface area contributed by atoms with Crippen molar-refractivity contribution >= 4 is 5.91 Å². The largest absolute Gasteiger partial charge is 0.490 e. The quantitative estimate of drug-likeness (QED) is 0.706. The number of aromatic nitrogens is 1. The van der Waals surface area contributed by atoms with Gasteiger partial charge in [-0.25, -0.2) is 4.98 Å². The van der Waals surface area contributed by atoms with E-state index in [1.807, 2.05) is 41.3 Å². The van der Waals surface area contributed by atoms with Gasteiger partial charge in [-0.2, -0.15) is 0 Å². The molecule has 7 nitrogen and oxygen atoms in total. The molecule has 1 saturated heterocycles. The lowest BCUT2D eigenvalue weighted by Gasteiger charge is -2.37. The highest BCUT2D eigenvalue weighted by Crippen LogP contribution is 2.32. The lowest BCUT2D eigenvalue weighted by atomic mass is 10.2. The van der Waals surface area contributed by atoms with Crippen molar-refractivity contribution in [3.8, 4) is 17.4 Å². The predicted molar refractivity (Wildman–Crippen MR) is 129 cm³/mol. The number of nitrogens with zero attached hydrogens (tertiary/aromatic N) is 4. The van der Waals surface area contributed by atoms with Crippen LogP contribution in [0.5, 0.6) is 17.4 Å². The summed E-state index contributed by atoms with van der Waals surface area (Å²) in [7, 11) is 0. The third-order valence-corrected chi connectivity index (χ3v) is 6.43. The van der Waals surface area contributed by atoms with E-state index in [2.05, 4.69) is 28.6 Å². The zero-order valence-electron chi connectivity index (χ0n) is 19.9. The molecule has 4 rings (SSSR count). The maximum absolute atomic E-state index is 13.1. The number of rotatable bonds is 3. The Kier molecular flexibility index (Phi) is 8.18. The average Bonchev–Trinajstić information content (AvgIpc) is 2.84. The van der Waals surface area contributed by atoms with Gasteiger partial charge in [0.25, 0.3) is 0 Å². The fraction of sp³-hybridized carbons (Fsp3) is 0.538. The molecule has 2 aliphatic rings. The van der Waals surface area contributed by atoms with E-state index in [0.717, 1.165) is 63.3 Å². The molecule has 0 atom stereocenters. The molecule has 0 bridgehead atoms. The van der Waals surface area contributed by atoms with Gasteiger partial charge in [-0.1, -0.05) is 18.2 Å². The molecule has 2 aromatic rings. The van der Waals surface area contributed by atoms with Gasteiger partial charge in [0.15, 0.2) is 11.5 Å². The fourth-order valence-corrected chi connectivity index (χ4v) is 4.42. The summed E-state index contributed by atoms with van der Waals surface area (Å²) in [6.07, 6.45) is 4.79. The molecule has 2 aliphatic heterocycles. The summed E-state index contributed by atoms with van der Waals surface area (Å²) in [5.41, 5.74) is 0.976. The summed E-state index contributed by atoms with van der Waals surface area (Å²) in [5.74, 6) is 2.18. The summed E-state index contributed by atoms with van der Waals surface area (Å²) >= 11 is 0. The van der Waals surface area contributed by atoms with Crippen LogP contribution in [0, 0.1) is 0 Å². The van der Waals surface area contributed by atoms with Gasteiger partial charge in [-0.15, -0.1) is 0 Å². The Morgan fingerprint density at radius 2 is 1.76 bits per heavy atom. The second kappa shape index (κ2) is 11.5. The number of fused-ring (bicyclic) bond motifs is 2. The van der Waals surface area contributed by atoms with Gasteiger partial charge in [0.2, 0.25) is 11.8 Å². The van der Waals surface area contributed by atoms with Crippen molar-refractivity contribution in [3.63, 3.8) is 0 Å². The molecule has 0 aliphatic carbocycles. The van der Waals surface area contributed by atoms with Crippen LogP contribution in [0.1, 0.15) is 38.7 Å². The van der Waals surface area contributed by atoms with Gasteiger partial charge in [0, 0.05) is 50.5 Å². The summed E-state index contributed by atoms with van der Waals surface area (Å²) in [6, 6.07) is 12.2. The van der Waals surface area contributed by atoms with Crippen molar-refractivity contribution in [1.29, 1.82) is 0 Å². The van der Waals surface area contributed by atoms with Gasteiger partial charge in [0.05, 0.1) is 13.2 Å². The molecule has 1 amide bonds. The van der Waals surface area contributed by atoms with Crippen molar-refractivity contribution in [2.45, 2.75) is 45.7 Å². The van der Waals surface area contributed by atoms with E-state index in [1.165, 1.54) is 0 Å². The van der Waals surface area contributed by atoms with Crippen LogP contribution in [0.3, 0.4) is 0 Å². The van der Waals surface area contributed by atoms with Crippen molar-refractivity contribution in [1.82, 2.24) is 19.7 Å². The number of para-hydroxylation sites is 2. The Morgan fingerprint density at radius 3 is 2.55 bits per heavy atom. The van der Waals surface area contributed by atoms with Crippen LogP contribution >= 0.6 is 0 Å². The molecule has 1 aromatic heterocycles. The molecule has 7 heteroatoms. The van der Waals surface area contributed by atoms with Crippen LogP contribution in [-0.4, -0.2) is 77.5 Å². The van der Waals surface area contributed by atoms with Crippen LogP contribution in [0.2, 0.25) is 0 Å². The van der Waals surface area contributed by atoms with E-state index < -0.39 is 0 Å². The molecule has 3 heterocycles. The molecular formula is C26H36N4O3. The van der Waals surface area contributed by atoms with Gasteiger partial charge >= 0.3 is 0 Å². The summed E-state index contributed by atoms with van der Waals surface area (Å²) in [4.78, 5) is 24.3. The number of pyridine rings is 1. The average molecular weight is 453 g/mol. The minimum atomic E-state index is 0.211. The summed E-state index contributed by atoms with van der Waals surface area (Å²) < 4.78 is 12.2. The fourth-order valence-electron chi connectivity index (χ4n) is 4.42. The third kappa shape index (κ3) is 6.45. The van der Waals surface area contributed by atoms with Crippen molar-refractivity contribution < 1.29 is 14.3 Å². The van der Waals surface area contributed by atoms with E-state index in [4.69, 9.17) is 9.47 Å². The van der Waals surface area contributed by atoms with E-state index in [0.29, 0.717) is 37.4 Å². The number of carbonyl (C=O) groups is 1. The standard InChI is InChI=1S/C26H36N4O3/c1-21(2)29-14-16-30(17-15-29)25(31)20-28-13-6-3-7-18-32-23-10-4-5-11-24(23)33-26-22(19-28)9-8-12-27-26/h4-5,8-12,21H,3,6-7,13-20H2,1-2H3. The van der Waals surface area contributed by atoms with Gasteiger partial charge in [0.1, 0.15) is 0 Å². The summed E-state index contributed by atoms with van der Waals surface area (Å²) in [6.45, 7) is 10.5. The van der Waals surface area contributed by atoms with Crippen LogP contribution in [0.4, 0.5) is 0 Å². The highest BCUT2D eigenvalue weighted by atomic mass is 16.5. The lowest BCUT2D eigenvalue weighted by Crippen LogP contribution is -2.52. The highest BCUT2D eigenvalue weighted by Gasteiger charge is 2.24. The highest BCUT2D eigenvalue weighted by molar-refractivity contribution is 5.78. The maximum Gasteiger partial charge on any atom is 0.236 e. The number of amides is 1. The molecule has 1 fully saturated rings. The SMILES string of the molecule is CC(C)N1CCN(C(=O)CN2CCCCCOc3ccccc3Oc3ncccc3C2)CC1. The van der Waals surface area contributed by atoms with Crippen LogP contribution < -0.4 is 9.47 Å². The number of benzene rings is 1. The molecule has 0 radical (unpaired) electrons. The number of piperazine rings is 1. The molecule has 0 spiro atoms. The zero-order valence-corrected chi connectivity index (χ0v) is 19.9. The van der Waals surface area contributed by atoms with Crippen molar-refractivity contribution in [3.05, 3.63) is 48.2 Å². The molecular weight excluding hydrogens is 416 g/mol. The first kappa shape index (κ1) is 23.5. The number of ether oxygens (including phenoxy) is 2. The van der Waals surface area contributed by atoms with Gasteiger partial charge in [-0.3, -0.25) is 14.6 Å². The van der Waals surface area contributed by atoms with E-state index in [-0.39, 0.29) is 5.91 Å². The van der Waals surface area contributed by atoms with Gasteiger partial charge < -0.3 is 14.4 Å². The minimum Gasteiger partial charge on any atom is -0.490 e. The molecule has 0 saturated carbocycles. The molecule has 0 N–H and O–H groups in total. The Bertz CT molecular complexity index is 912. The topological polar surface area (TPSA) is 58.1 Å².